The predicted octanol–water partition coefficient (Wildman–Crippen LogP) is 3.62. The van der Waals surface area contributed by atoms with Crippen LogP contribution in [-0.2, 0) is 13.1 Å². The van der Waals surface area contributed by atoms with Gasteiger partial charge in [-0.05, 0) is 30.7 Å². The van der Waals surface area contributed by atoms with Gasteiger partial charge in [-0.15, -0.1) is 0 Å². The molecule has 3 rings (SSSR count). The third-order valence-corrected chi connectivity index (χ3v) is 4.37. The normalized spacial score (nSPS) is 13.8. The maximum atomic E-state index is 12.6. The maximum absolute atomic E-state index is 12.6. The van der Waals surface area contributed by atoms with Gasteiger partial charge in [-0.25, -0.2) is 0 Å². The quantitative estimate of drug-likeness (QED) is 0.568. The summed E-state index contributed by atoms with van der Waals surface area (Å²) in [4.78, 5) is 4.18. The van der Waals surface area contributed by atoms with E-state index in [4.69, 9.17) is 9.47 Å². The molecule has 1 aliphatic rings. The van der Waals surface area contributed by atoms with Crippen LogP contribution in [0.1, 0.15) is 23.1 Å². The summed E-state index contributed by atoms with van der Waals surface area (Å²) in [5.74, 6) is 2.18. The van der Waals surface area contributed by atoms with Crippen LogP contribution in [0.25, 0.3) is 0 Å². The number of hydrogen-bond acceptors (Lipinski definition) is 4. The number of nitrogens with zero attached hydrogens (tertiary/aromatic N) is 1. The fourth-order valence-corrected chi connectivity index (χ4v) is 2.96. The summed E-state index contributed by atoms with van der Waals surface area (Å²) in [5.41, 5.74) is 2.59. The van der Waals surface area contributed by atoms with Gasteiger partial charge in [0.25, 0.3) is 0 Å². The van der Waals surface area contributed by atoms with E-state index in [-0.39, 0.29) is 5.75 Å². The van der Waals surface area contributed by atoms with Crippen molar-refractivity contribution in [3.63, 3.8) is 0 Å². The lowest BCUT2D eigenvalue weighted by molar-refractivity contribution is -0.0504. The molecule has 0 atom stereocenters. The van der Waals surface area contributed by atoms with E-state index in [0.29, 0.717) is 37.8 Å². The number of rotatable bonds is 6. The van der Waals surface area contributed by atoms with Crippen molar-refractivity contribution >= 4 is 5.96 Å². The molecule has 156 valence electrons. The Bertz CT molecular complexity index is 859. The van der Waals surface area contributed by atoms with Crippen LogP contribution >= 0.6 is 0 Å². The average Bonchev–Trinajstić information content (AvgIpc) is 2.94. The van der Waals surface area contributed by atoms with Crippen molar-refractivity contribution in [3.05, 3.63) is 53.1 Å². The molecule has 0 saturated heterocycles. The molecule has 6 nitrogen and oxygen atoms in total. The zero-order chi connectivity index (χ0) is 20.6. The standard InChI is InChI=1S/C21H25F2N3O3/c1-14-4-6-17(29-20(22)23)16(10-14)13-26-21(24-2)25-12-15-5-7-18-19(11-15)28-9-3-8-27-18/h4-7,10-11,20H,3,8-9,12-13H2,1-2H3,(H2,24,25,26). The van der Waals surface area contributed by atoms with Crippen LogP contribution in [-0.4, -0.2) is 32.8 Å². The number of benzene rings is 2. The van der Waals surface area contributed by atoms with E-state index in [1.54, 1.807) is 19.2 Å². The molecule has 0 fully saturated rings. The highest BCUT2D eigenvalue weighted by atomic mass is 19.3. The fourth-order valence-electron chi connectivity index (χ4n) is 2.96. The van der Waals surface area contributed by atoms with Crippen molar-refractivity contribution < 1.29 is 23.0 Å². The smallest absolute Gasteiger partial charge is 0.387 e. The first kappa shape index (κ1) is 20.7. The lowest BCUT2D eigenvalue weighted by Crippen LogP contribution is -2.36. The Balaban J connectivity index is 1.59. The maximum Gasteiger partial charge on any atom is 0.387 e. The zero-order valence-electron chi connectivity index (χ0n) is 16.5. The Morgan fingerprint density at radius 1 is 1.07 bits per heavy atom. The minimum Gasteiger partial charge on any atom is -0.490 e. The highest BCUT2D eigenvalue weighted by molar-refractivity contribution is 5.79. The van der Waals surface area contributed by atoms with Crippen molar-refractivity contribution in [1.82, 2.24) is 10.6 Å². The number of aryl methyl sites for hydroxylation is 1. The average molecular weight is 405 g/mol. The number of guanidine groups is 1. The zero-order valence-corrected chi connectivity index (χ0v) is 16.5. The summed E-state index contributed by atoms with van der Waals surface area (Å²) in [7, 11) is 1.65. The van der Waals surface area contributed by atoms with E-state index in [1.807, 2.05) is 31.2 Å². The van der Waals surface area contributed by atoms with Crippen LogP contribution < -0.4 is 24.8 Å². The Kier molecular flexibility index (Phi) is 7.10. The number of alkyl halides is 2. The Morgan fingerprint density at radius 3 is 2.59 bits per heavy atom. The second kappa shape index (κ2) is 9.95. The molecule has 0 saturated carbocycles. The predicted molar refractivity (Wildman–Crippen MR) is 107 cm³/mol. The molecule has 0 aliphatic carbocycles. The highest BCUT2D eigenvalue weighted by Crippen LogP contribution is 2.30. The summed E-state index contributed by atoms with van der Waals surface area (Å²) in [5, 5.41) is 6.33. The van der Waals surface area contributed by atoms with Gasteiger partial charge in [0.05, 0.1) is 13.2 Å². The van der Waals surface area contributed by atoms with E-state index in [0.717, 1.165) is 29.0 Å². The van der Waals surface area contributed by atoms with Gasteiger partial charge >= 0.3 is 6.61 Å². The van der Waals surface area contributed by atoms with Crippen LogP contribution in [0.3, 0.4) is 0 Å². The molecule has 1 aliphatic heterocycles. The van der Waals surface area contributed by atoms with E-state index < -0.39 is 6.61 Å². The molecule has 1 heterocycles. The van der Waals surface area contributed by atoms with E-state index in [2.05, 4.69) is 20.4 Å². The summed E-state index contributed by atoms with van der Waals surface area (Å²) in [6.07, 6.45) is 0.856. The molecule has 29 heavy (non-hydrogen) atoms. The molecule has 8 heteroatoms. The number of aliphatic imine (C=N–C) groups is 1. The second-order valence-electron chi connectivity index (χ2n) is 6.60. The van der Waals surface area contributed by atoms with Crippen LogP contribution in [0.2, 0.25) is 0 Å². The summed E-state index contributed by atoms with van der Waals surface area (Å²) in [6.45, 7) is 1.12. The van der Waals surface area contributed by atoms with Gasteiger partial charge in [0.15, 0.2) is 17.5 Å². The number of fused-ring (bicyclic) bond motifs is 1. The van der Waals surface area contributed by atoms with Gasteiger partial charge in [-0.1, -0.05) is 23.8 Å². The van der Waals surface area contributed by atoms with Crippen molar-refractivity contribution in [2.75, 3.05) is 20.3 Å². The Hall–Kier alpha value is -3.03. The molecule has 0 amide bonds. The number of hydrogen-bond donors (Lipinski definition) is 2. The third kappa shape index (κ3) is 5.97. The number of halogens is 2. The van der Waals surface area contributed by atoms with Gasteiger partial charge in [-0.2, -0.15) is 8.78 Å². The largest absolute Gasteiger partial charge is 0.490 e. The van der Waals surface area contributed by atoms with Crippen LogP contribution in [0.5, 0.6) is 17.2 Å². The molecule has 2 aromatic rings. The van der Waals surface area contributed by atoms with Crippen LogP contribution in [0, 0.1) is 6.92 Å². The molecule has 0 radical (unpaired) electrons. The minimum atomic E-state index is -2.87. The Labute approximate surface area is 168 Å². The van der Waals surface area contributed by atoms with Gasteiger partial charge < -0.3 is 24.8 Å². The number of nitrogens with one attached hydrogen (secondary N) is 2. The third-order valence-electron chi connectivity index (χ3n) is 4.37. The van der Waals surface area contributed by atoms with Crippen molar-refractivity contribution in [1.29, 1.82) is 0 Å². The molecule has 0 bridgehead atoms. The van der Waals surface area contributed by atoms with Crippen molar-refractivity contribution in [2.24, 2.45) is 4.99 Å². The first-order valence-electron chi connectivity index (χ1n) is 9.42. The molecular formula is C21H25F2N3O3. The van der Waals surface area contributed by atoms with Crippen LogP contribution in [0.4, 0.5) is 8.78 Å². The van der Waals surface area contributed by atoms with E-state index >= 15 is 0 Å². The summed E-state index contributed by atoms with van der Waals surface area (Å²) >= 11 is 0. The molecular weight excluding hydrogens is 380 g/mol. The second-order valence-corrected chi connectivity index (χ2v) is 6.60. The molecule has 0 aromatic heterocycles. The van der Waals surface area contributed by atoms with Gasteiger partial charge in [0.2, 0.25) is 0 Å². The van der Waals surface area contributed by atoms with E-state index in [1.165, 1.54) is 0 Å². The van der Waals surface area contributed by atoms with Gasteiger partial charge in [-0.3, -0.25) is 4.99 Å². The summed E-state index contributed by atoms with van der Waals surface area (Å²) < 4.78 is 41.2. The summed E-state index contributed by atoms with van der Waals surface area (Å²) in [6, 6.07) is 10.9. The van der Waals surface area contributed by atoms with Gasteiger partial charge in [0.1, 0.15) is 5.75 Å². The van der Waals surface area contributed by atoms with Crippen molar-refractivity contribution in [3.8, 4) is 17.2 Å². The first-order chi connectivity index (χ1) is 14.0. The Morgan fingerprint density at radius 2 is 1.83 bits per heavy atom. The lowest BCUT2D eigenvalue weighted by atomic mass is 10.1. The van der Waals surface area contributed by atoms with E-state index in [9.17, 15) is 8.78 Å². The monoisotopic (exact) mass is 405 g/mol. The minimum absolute atomic E-state index is 0.149. The first-order valence-corrected chi connectivity index (χ1v) is 9.42. The SMILES string of the molecule is CN=C(NCc1ccc2c(c1)OCCCO2)NCc1cc(C)ccc1OC(F)F. The van der Waals surface area contributed by atoms with Crippen LogP contribution in [0.15, 0.2) is 41.4 Å². The van der Waals surface area contributed by atoms with Gasteiger partial charge in [0, 0.05) is 32.1 Å². The molecule has 2 N–H and O–H groups in total. The van der Waals surface area contributed by atoms with Crippen molar-refractivity contribution in [2.45, 2.75) is 33.0 Å². The highest BCUT2D eigenvalue weighted by Gasteiger charge is 2.12. The lowest BCUT2D eigenvalue weighted by Gasteiger charge is -2.16. The fraction of sp³-hybridized carbons (Fsp3) is 0.381. The number of ether oxygens (including phenoxy) is 3. The molecule has 2 aromatic carbocycles. The molecule has 0 unspecified atom stereocenters. The molecule has 0 spiro atoms. The topological polar surface area (TPSA) is 64.1 Å².